The average molecular weight is 569 g/mol. The SMILES string of the molecule is COc1cc(NC(=O)Nc2ccccc2)ccc1-c1ccc2c(c1COc1cc(F)ccc1C)N(C)C(=O)C(C)(C)N2. The number of rotatable bonds is 7. The minimum absolute atomic E-state index is 0.0607. The van der Waals surface area contributed by atoms with Crippen molar-refractivity contribution in [3.8, 4) is 22.6 Å². The van der Waals surface area contributed by atoms with Crippen LogP contribution in [0.15, 0.2) is 78.9 Å². The Labute approximate surface area is 244 Å². The Hall–Kier alpha value is -5.05. The van der Waals surface area contributed by atoms with E-state index >= 15 is 0 Å². The molecule has 8 nitrogen and oxygen atoms in total. The Morgan fingerprint density at radius 3 is 2.38 bits per heavy atom. The Balaban J connectivity index is 1.54. The van der Waals surface area contributed by atoms with Crippen LogP contribution < -0.4 is 30.3 Å². The highest BCUT2D eigenvalue weighted by Gasteiger charge is 2.38. The number of amides is 3. The third kappa shape index (κ3) is 5.72. The summed E-state index contributed by atoms with van der Waals surface area (Å²) in [5, 5.41) is 8.97. The number of carbonyl (C=O) groups excluding carboxylic acids is 2. The van der Waals surface area contributed by atoms with Gasteiger partial charge >= 0.3 is 6.03 Å². The average Bonchev–Trinajstić information content (AvgIpc) is 2.96. The predicted octanol–water partition coefficient (Wildman–Crippen LogP) is 7.20. The molecule has 3 amide bonds. The van der Waals surface area contributed by atoms with Crippen molar-refractivity contribution in [3.05, 3.63) is 95.8 Å². The number of benzene rings is 4. The Kier molecular flexibility index (Phi) is 7.76. The summed E-state index contributed by atoms with van der Waals surface area (Å²) in [4.78, 5) is 27.5. The minimum Gasteiger partial charge on any atom is -0.496 e. The number of methoxy groups -OCH3 is 1. The van der Waals surface area contributed by atoms with Gasteiger partial charge in [0.25, 0.3) is 5.91 Å². The van der Waals surface area contributed by atoms with E-state index in [1.807, 2.05) is 57.2 Å². The second-order valence-corrected chi connectivity index (χ2v) is 10.7. The molecule has 0 atom stereocenters. The van der Waals surface area contributed by atoms with E-state index in [9.17, 15) is 14.0 Å². The first kappa shape index (κ1) is 28.5. The van der Waals surface area contributed by atoms with E-state index in [1.54, 1.807) is 49.4 Å². The lowest BCUT2D eigenvalue weighted by atomic mass is 9.91. The van der Waals surface area contributed by atoms with Crippen LogP contribution in [0.2, 0.25) is 0 Å². The van der Waals surface area contributed by atoms with E-state index in [0.29, 0.717) is 28.6 Å². The molecule has 0 radical (unpaired) electrons. The van der Waals surface area contributed by atoms with Gasteiger partial charge in [0.2, 0.25) is 0 Å². The number of fused-ring (bicyclic) bond motifs is 1. The van der Waals surface area contributed by atoms with E-state index in [2.05, 4.69) is 16.0 Å². The minimum atomic E-state index is -0.800. The van der Waals surface area contributed by atoms with E-state index in [-0.39, 0.29) is 12.5 Å². The molecule has 0 bridgehead atoms. The highest BCUT2D eigenvalue weighted by atomic mass is 19.1. The molecule has 0 spiro atoms. The molecule has 3 N–H and O–H groups in total. The summed E-state index contributed by atoms with van der Waals surface area (Å²) in [6, 6.07) is 22.4. The van der Waals surface area contributed by atoms with Gasteiger partial charge in [-0.25, -0.2) is 9.18 Å². The molecule has 0 aliphatic carbocycles. The highest BCUT2D eigenvalue weighted by molar-refractivity contribution is 6.09. The number of halogens is 1. The van der Waals surface area contributed by atoms with Crippen molar-refractivity contribution >= 4 is 34.7 Å². The molecule has 1 aliphatic heterocycles. The van der Waals surface area contributed by atoms with Gasteiger partial charge < -0.3 is 30.3 Å². The standard InChI is InChI=1S/C33H33FN4O4/c1-20-11-12-21(34)17-28(20)42-19-26-24(15-16-27-30(26)38(4)31(39)33(2,3)37-27)25-14-13-23(18-29(25)41-5)36-32(40)35-22-9-7-6-8-10-22/h6-18,37H,19H2,1-5H3,(H2,35,36,40). The van der Waals surface area contributed by atoms with Crippen LogP contribution in [0.1, 0.15) is 25.0 Å². The number of anilines is 4. The number of nitrogens with zero attached hydrogens (tertiary/aromatic N) is 1. The summed E-state index contributed by atoms with van der Waals surface area (Å²) in [6.45, 7) is 5.57. The maximum Gasteiger partial charge on any atom is 0.323 e. The van der Waals surface area contributed by atoms with Crippen LogP contribution in [-0.4, -0.2) is 31.6 Å². The second-order valence-electron chi connectivity index (χ2n) is 10.7. The number of hydrogen-bond acceptors (Lipinski definition) is 5. The molecule has 5 rings (SSSR count). The van der Waals surface area contributed by atoms with Crippen molar-refractivity contribution in [1.82, 2.24) is 0 Å². The molecule has 1 aliphatic rings. The van der Waals surface area contributed by atoms with Crippen molar-refractivity contribution < 1.29 is 23.5 Å². The molecule has 4 aromatic rings. The summed E-state index contributed by atoms with van der Waals surface area (Å²) in [6.07, 6.45) is 0. The monoisotopic (exact) mass is 568 g/mol. The second kappa shape index (κ2) is 11.4. The maximum absolute atomic E-state index is 14.0. The molecule has 0 unspecified atom stereocenters. The predicted molar refractivity (Wildman–Crippen MR) is 164 cm³/mol. The number of nitrogens with one attached hydrogen (secondary N) is 3. The third-order valence-corrected chi connectivity index (χ3v) is 7.21. The summed E-state index contributed by atoms with van der Waals surface area (Å²) < 4.78 is 26.0. The molecule has 42 heavy (non-hydrogen) atoms. The lowest BCUT2D eigenvalue weighted by Crippen LogP contribution is -2.52. The third-order valence-electron chi connectivity index (χ3n) is 7.21. The Morgan fingerprint density at radius 2 is 1.64 bits per heavy atom. The van der Waals surface area contributed by atoms with Gasteiger partial charge in [0, 0.05) is 41.7 Å². The summed E-state index contributed by atoms with van der Waals surface area (Å²) in [7, 11) is 3.29. The fraction of sp³-hybridized carbons (Fsp3) is 0.212. The summed E-state index contributed by atoms with van der Waals surface area (Å²) in [5.41, 5.74) is 4.84. The summed E-state index contributed by atoms with van der Waals surface area (Å²) in [5.74, 6) is 0.412. The maximum atomic E-state index is 14.0. The van der Waals surface area contributed by atoms with Gasteiger partial charge in [-0.1, -0.05) is 30.3 Å². The largest absolute Gasteiger partial charge is 0.496 e. The van der Waals surface area contributed by atoms with E-state index in [4.69, 9.17) is 9.47 Å². The van der Waals surface area contributed by atoms with Crippen LogP contribution >= 0.6 is 0 Å². The Morgan fingerprint density at radius 1 is 0.929 bits per heavy atom. The van der Waals surface area contributed by atoms with Crippen LogP contribution in [0.3, 0.4) is 0 Å². The van der Waals surface area contributed by atoms with Crippen molar-refractivity contribution in [3.63, 3.8) is 0 Å². The fourth-order valence-corrected chi connectivity index (χ4v) is 5.12. The number of hydrogen-bond donors (Lipinski definition) is 3. The number of carbonyl (C=O) groups is 2. The molecular weight excluding hydrogens is 535 g/mol. The lowest BCUT2D eigenvalue weighted by molar-refractivity contribution is -0.121. The van der Waals surface area contributed by atoms with Crippen molar-refractivity contribution in [2.45, 2.75) is 32.9 Å². The van der Waals surface area contributed by atoms with E-state index < -0.39 is 17.4 Å². The highest BCUT2D eigenvalue weighted by Crippen LogP contribution is 2.45. The Bertz CT molecular complexity index is 1660. The molecule has 0 aromatic heterocycles. The molecule has 0 saturated heterocycles. The van der Waals surface area contributed by atoms with Gasteiger partial charge in [-0.05, 0) is 68.3 Å². The molecule has 216 valence electrons. The number of likely N-dealkylation sites (N-methyl/N-ethyl adjacent to an activating group) is 1. The normalized spacial score (nSPS) is 13.6. The van der Waals surface area contributed by atoms with Gasteiger partial charge in [0.05, 0.1) is 18.5 Å². The molecule has 1 heterocycles. The zero-order valence-electron chi connectivity index (χ0n) is 24.2. The van der Waals surface area contributed by atoms with Crippen LogP contribution in [0.4, 0.5) is 31.9 Å². The fourth-order valence-electron chi connectivity index (χ4n) is 5.12. The first-order chi connectivity index (χ1) is 20.1. The molecule has 9 heteroatoms. The molecular formula is C33H33FN4O4. The van der Waals surface area contributed by atoms with Crippen molar-refractivity contribution in [1.29, 1.82) is 0 Å². The zero-order valence-corrected chi connectivity index (χ0v) is 24.2. The van der Waals surface area contributed by atoms with E-state index in [0.717, 1.165) is 27.9 Å². The quantitative estimate of drug-likeness (QED) is 0.219. The van der Waals surface area contributed by atoms with Gasteiger partial charge in [0.1, 0.15) is 29.5 Å². The lowest BCUT2D eigenvalue weighted by Gasteiger charge is -2.39. The van der Waals surface area contributed by atoms with Gasteiger partial charge in [-0.2, -0.15) is 0 Å². The smallest absolute Gasteiger partial charge is 0.323 e. The summed E-state index contributed by atoms with van der Waals surface area (Å²) >= 11 is 0. The van der Waals surface area contributed by atoms with Crippen molar-refractivity contribution in [2.75, 3.05) is 35.0 Å². The molecule has 0 saturated carbocycles. The molecule has 4 aromatic carbocycles. The van der Waals surface area contributed by atoms with Gasteiger partial charge in [-0.15, -0.1) is 0 Å². The van der Waals surface area contributed by atoms with Gasteiger partial charge in [0.15, 0.2) is 0 Å². The number of ether oxygens (including phenoxy) is 2. The first-order valence-electron chi connectivity index (χ1n) is 13.5. The zero-order chi connectivity index (χ0) is 30.0. The van der Waals surface area contributed by atoms with Gasteiger partial charge in [-0.3, -0.25) is 4.79 Å². The van der Waals surface area contributed by atoms with Crippen LogP contribution in [0, 0.1) is 12.7 Å². The van der Waals surface area contributed by atoms with Crippen LogP contribution in [0.5, 0.6) is 11.5 Å². The number of para-hydroxylation sites is 1. The number of aryl methyl sites for hydroxylation is 1. The topological polar surface area (TPSA) is 91.9 Å². The molecule has 0 fully saturated rings. The van der Waals surface area contributed by atoms with Crippen LogP contribution in [-0.2, 0) is 11.4 Å². The van der Waals surface area contributed by atoms with E-state index in [1.165, 1.54) is 12.1 Å². The van der Waals surface area contributed by atoms with Crippen molar-refractivity contribution in [2.24, 2.45) is 0 Å². The number of urea groups is 1. The first-order valence-corrected chi connectivity index (χ1v) is 13.5. The van der Waals surface area contributed by atoms with Crippen LogP contribution in [0.25, 0.3) is 11.1 Å².